The predicted molar refractivity (Wildman–Crippen MR) is 181 cm³/mol. The molecule has 0 aliphatic carbocycles. The van der Waals surface area contributed by atoms with Crippen molar-refractivity contribution >= 4 is 50.5 Å². The first-order valence-corrected chi connectivity index (χ1v) is 17.2. The standard InChI is InChI=1S/C16H22N6O3S.C9H13N3O.C5H5ClN2/c17-13-19-4-2-15(12-19)22-6-5-21(26(22,23)24)14-1-3-18-16(11-14)20-7-9-25-10-8-20;10-8-1-2-11-9(7-8)12-3-5-13-6-4-12;6-5-3-4(7)1-2-8-5/h1,3,11,15H,2,4-10,12H2;1-2,7H,3-6H2,(H2,10,11);1-3H,(H2,7,8)/t15-;;/m1../s1. The molecule has 7 rings (SSSR count). The number of morpholine rings is 2. The third-order valence-corrected chi connectivity index (χ3v) is 10.2. The van der Waals surface area contributed by atoms with Crippen molar-refractivity contribution in [3.8, 4) is 6.19 Å². The van der Waals surface area contributed by atoms with E-state index < -0.39 is 10.2 Å². The molecule has 252 valence electrons. The molecule has 0 spiro atoms. The summed E-state index contributed by atoms with van der Waals surface area (Å²) in [5.41, 5.74) is 13.0. The van der Waals surface area contributed by atoms with Gasteiger partial charge in [0.25, 0.3) is 0 Å². The first-order chi connectivity index (χ1) is 22.7. The summed E-state index contributed by atoms with van der Waals surface area (Å²) in [5.74, 6) is 1.72. The third-order valence-electron chi connectivity index (χ3n) is 8.02. The van der Waals surface area contributed by atoms with Crippen LogP contribution < -0.4 is 25.6 Å². The number of ether oxygens (including phenoxy) is 2. The van der Waals surface area contributed by atoms with Crippen LogP contribution >= 0.6 is 11.6 Å². The largest absolute Gasteiger partial charge is 0.399 e. The molecule has 1 atom stereocenters. The highest BCUT2D eigenvalue weighted by atomic mass is 35.5. The summed E-state index contributed by atoms with van der Waals surface area (Å²) in [5, 5.41) is 9.45. The second kappa shape index (κ2) is 16.1. The Kier molecular flexibility index (Phi) is 11.7. The molecule has 4 aliphatic rings. The molecule has 3 aromatic heterocycles. The summed E-state index contributed by atoms with van der Waals surface area (Å²) in [6.45, 7) is 8.10. The van der Waals surface area contributed by atoms with Crippen molar-refractivity contribution in [2.45, 2.75) is 12.5 Å². The van der Waals surface area contributed by atoms with Gasteiger partial charge in [-0.15, -0.1) is 0 Å². The average molecular weight is 686 g/mol. The fourth-order valence-corrected chi connectivity index (χ4v) is 7.58. The molecule has 7 heterocycles. The number of halogens is 1. The summed E-state index contributed by atoms with van der Waals surface area (Å²) < 4.78 is 39.7. The molecule has 4 fully saturated rings. The molecule has 0 unspecified atom stereocenters. The highest BCUT2D eigenvalue weighted by Gasteiger charge is 2.43. The van der Waals surface area contributed by atoms with Gasteiger partial charge in [0.2, 0.25) is 0 Å². The Bertz CT molecular complexity index is 1600. The first-order valence-electron chi connectivity index (χ1n) is 15.4. The Morgan fingerprint density at radius 2 is 1.36 bits per heavy atom. The number of pyridine rings is 3. The molecule has 17 heteroatoms. The van der Waals surface area contributed by atoms with E-state index in [1.807, 2.05) is 12.1 Å². The topological polar surface area (TPSA) is 183 Å². The Morgan fingerprint density at radius 3 is 1.89 bits per heavy atom. The molecule has 3 aromatic rings. The molecule has 0 saturated carbocycles. The minimum atomic E-state index is -3.58. The van der Waals surface area contributed by atoms with Crippen molar-refractivity contribution in [2.75, 3.05) is 104 Å². The van der Waals surface area contributed by atoms with Gasteiger partial charge in [0.15, 0.2) is 6.19 Å². The highest BCUT2D eigenvalue weighted by Crippen LogP contribution is 2.31. The molecule has 4 N–H and O–H groups in total. The van der Waals surface area contributed by atoms with Gasteiger partial charge in [-0.1, -0.05) is 11.6 Å². The number of anilines is 5. The number of hydrogen-bond donors (Lipinski definition) is 2. The second-order valence-electron chi connectivity index (χ2n) is 11.1. The van der Waals surface area contributed by atoms with Crippen molar-refractivity contribution in [3.05, 3.63) is 60.1 Å². The predicted octanol–water partition coefficient (Wildman–Crippen LogP) is 1.66. The number of nitrogen functional groups attached to an aromatic ring is 2. The lowest BCUT2D eigenvalue weighted by Gasteiger charge is -2.29. The number of rotatable bonds is 4. The van der Waals surface area contributed by atoms with Crippen molar-refractivity contribution in [2.24, 2.45) is 0 Å². The molecule has 0 amide bonds. The zero-order valence-corrected chi connectivity index (χ0v) is 27.6. The zero-order chi connectivity index (χ0) is 33.2. The van der Waals surface area contributed by atoms with Crippen molar-refractivity contribution in [1.82, 2.24) is 24.2 Å². The van der Waals surface area contributed by atoms with Crippen molar-refractivity contribution < 1.29 is 17.9 Å². The average Bonchev–Trinajstić information content (AvgIpc) is 3.69. The molecule has 4 saturated heterocycles. The van der Waals surface area contributed by atoms with Crippen LogP contribution in [-0.2, 0) is 19.7 Å². The van der Waals surface area contributed by atoms with Gasteiger partial charge in [-0.2, -0.15) is 18.0 Å². The van der Waals surface area contributed by atoms with Gasteiger partial charge in [0.1, 0.15) is 16.8 Å². The molecule has 4 aliphatic heterocycles. The first kappa shape index (κ1) is 34.2. The maximum Gasteiger partial charge on any atom is 0.304 e. The monoisotopic (exact) mass is 685 g/mol. The van der Waals surface area contributed by atoms with Gasteiger partial charge in [0, 0.05) is 100 Å². The van der Waals surface area contributed by atoms with Gasteiger partial charge in [-0.3, -0.25) is 4.31 Å². The van der Waals surface area contributed by atoms with Gasteiger partial charge in [-0.05, 0) is 30.7 Å². The SMILES string of the molecule is N#CN1CC[C@@H](N2CCN(c3ccnc(N4CCOCC4)c3)S2(=O)=O)C1.Nc1ccnc(Cl)c1.Nc1ccnc(N2CCOCC2)c1. The van der Waals surface area contributed by atoms with Gasteiger partial charge in [0.05, 0.1) is 32.1 Å². The van der Waals surface area contributed by atoms with Crippen molar-refractivity contribution in [1.29, 1.82) is 5.26 Å². The van der Waals surface area contributed by atoms with Crippen LogP contribution in [0.1, 0.15) is 6.42 Å². The fraction of sp³-hybridized carbons (Fsp3) is 0.467. The number of nitrogens with zero attached hydrogens (tertiary/aromatic N) is 9. The molecule has 0 radical (unpaired) electrons. The Hall–Kier alpha value is -4.14. The lowest BCUT2D eigenvalue weighted by atomic mass is 10.2. The quantitative estimate of drug-likeness (QED) is 0.299. The van der Waals surface area contributed by atoms with E-state index >= 15 is 0 Å². The lowest BCUT2D eigenvalue weighted by Crippen LogP contribution is -2.41. The van der Waals surface area contributed by atoms with Crippen LogP contribution in [0, 0.1) is 11.5 Å². The van der Waals surface area contributed by atoms with E-state index in [0.717, 1.165) is 56.7 Å². The molecule has 15 nitrogen and oxygen atoms in total. The van der Waals surface area contributed by atoms with E-state index in [4.69, 9.17) is 37.8 Å². The Balaban J connectivity index is 0.000000170. The van der Waals surface area contributed by atoms with Crippen LogP contribution in [0.15, 0.2) is 55.0 Å². The van der Waals surface area contributed by atoms with Crippen LogP contribution in [0.4, 0.5) is 28.7 Å². The van der Waals surface area contributed by atoms with Crippen LogP contribution in [0.25, 0.3) is 0 Å². The van der Waals surface area contributed by atoms with E-state index in [1.54, 1.807) is 52.1 Å². The molecule has 0 aromatic carbocycles. The Labute approximate surface area is 280 Å². The highest BCUT2D eigenvalue weighted by molar-refractivity contribution is 7.90. The van der Waals surface area contributed by atoms with Crippen LogP contribution in [0.2, 0.25) is 5.15 Å². The number of aromatic nitrogens is 3. The summed E-state index contributed by atoms with van der Waals surface area (Å²) in [4.78, 5) is 18.3. The minimum absolute atomic E-state index is 0.134. The van der Waals surface area contributed by atoms with Crippen LogP contribution in [-0.4, -0.2) is 117 Å². The van der Waals surface area contributed by atoms with Gasteiger partial charge >= 0.3 is 10.2 Å². The normalized spacial score (nSPS) is 20.9. The van der Waals surface area contributed by atoms with Gasteiger partial charge < -0.3 is 35.6 Å². The lowest BCUT2D eigenvalue weighted by molar-refractivity contribution is 0.122. The summed E-state index contributed by atoms with van der Waals surface area (Å²) in [6.07, 6.45) is 7.76. The minimum Gasteiger partial charge on any atom is -0.399 e. The van der Waals surface area contributed by atoms with E-state index in [9.17, 15) is 8.42 Å². The number of nitriles is 1. The Morgan fingerprint density at radius 1 is 0.787 bits per heavy atom. The molecule has 47 heavy (non-hydrogen) atoms. The maximum absolute atomic E-state index is 13.1. The van der Waals surface area contributed by atoms with E-state index in [1.165, 1.54) is 4.31 Å². The smallest absolute Gasteiger partial charge is 0.304 e. The zero-order valence-electron chi connectivity index (χ0n) is 26.1. The summed E-state index contributed by atoms with van der Waals surface area (Å²) in [6, 6.07) is 10.4. The van der Waals surface area contributed by atoms with Crippen LogP contribution in [0.3, 0.4) is 0 Å². The van der Waals surface area contributed by atoms with Crippen molar-refractivity contribution in [3.63, 3.8) is 0 Å². The third kappa shape index (κ3) is 9.02. The molecular formula is C30H40ClN11O4S. The molecular weight excluding hydrogens is 646 g/mol. The summed E-state index contributed by atoms with van der Waals surface area (Å²) in [7, 11) is -3.58. The van der Waals surface area contributed by atoms with E-state index in [-0.39, 0.29) is 6.04 Å². The fourth-order valence-electron chi connectivity index (χ4n) is 5.59. The van der Waals surface area contributed by atoms with Crippen LogP contribution in [0.5, 0.6) is 0 Å². The van der Waals surface area contributed by atoms with Gasteiger partial charge in [-0.25, -0.2) is 15.0 Å². The number of hydrogen-bond acceptors (Lipinski definition) is 13. The maximum atomic E-state index is 13.1. The van der Waals surface area contributed by atoms with E-state index in [2.05, 4.69) is 30.9 Å². The number of likely N-dealkylation sites (tertiary alicyclic amines) is 1. The van der Waals surface area contributed by atoms with E-state index in [0.29, 0.717) is 62.3 Å². The molecule has 0 bridgehead atoms. The second-order valence-corrected chi connectivity index (χ2v) is 13.3. The summed E-state index contributed by atoms with van der Waals surface area (Å²) >= 11 is 5.45. The number of nitrogens with two attached hydrogens (primary N) is 2.